The minimum atomic E-state index is -0.948. The number of urea groups is 1. The molecule has 8 nitrogen and oxygen atoms in total. The van der Waals surface area contributed by atoms with Gasteiger partial charge in [-0.05, 0) is 24.1 Å². The number of rotatable bonds is 8. The lowest BCUT2D eigenvalue weighted by Crippen LogP contribution is -2.54. The first-order valence-electron chi connectivity index (χ1n) is 7.27. The third-order valence-corrected chi connectivity index (χ3v) is 3.25. The van der Waals surface area contributed by atoms with E-state index < -0.39 is 29.9 Å². The van der Waals surface area contributed by atoms with Gasteiger partial charge in [0.05, 0.1) is 0 Å². The molecule has 8 heteroatoms. The fourth-order valence-electron chi connectivity index (χ4n) is 2.10. The summed E-state index contributed by atoms with van der Waals surface area (Å²) >= 11 is 0. The maximum Gasteiger partial charge on any atom is 0.312 e. The van der Waals surface area contributed by atoms with Crippen molar-refractivity contribution in [3.63, 3.8) is 0 Å². The molecule has 0 unspecified atom stereocenters. The number of benzene rings is 1. The van der Waals surface area contributed by atoms with Gasteiger partial charge in [0.15, 0.2) is 0 Å². The largest absolute Gasteiger partial charge is 0.508 e. The molecular weight excluding hydrogens is 300 g/mol. The lowest BCUT2D eigenvalue weighted by atomic mass is 10.0. The number of hydrogen-bond donors (Lipinski definition) is 5. The van der Waals surface area contributed by atoms with Crippen LogP contribution in [0.25, 0.3) is 0 Å². The number of primary amides is 2. The Kier molecular flexibility index (Phi) is 6.85. The van der Waals surface area contributed by atoms with Crippen LogP contribution < -0.4 is 22.1 Å². The molecule has 0 saturated heterocycles. The van der Waals surface area contributed by atoms with Crippen LogP contribution >= 0.6 is 0 Å². The molecule has 0 saturated carbocycles. The van der Waals surface area contributed by atoms with E-state index in [-0.39, 0.29) is 12.2 Å². The summed E-state index contributed by atoms with van der Waals surface area (Å²) in [7, 11) is 0. The third-order valence-electron chi connectivity index (χ3n) is 3.25. The van der Waals surface area contributed by atoms with Crippen molar-refractivity contribution in [1.82, 2.24) is 10.6 Å². The smallest absolute Gasteiger partial charge is 0.312 e. The first-order chi connectivity index (χ1) is 10.8. The van der Waals surface area contributed by atoms with Crippen LogP contribution in [0.1, 0.15) is 25.3 Å². The summed E-state index contributed by atoms with van der Waals surface area (Å²) in [6.07, 6.45) is 1.23. The average Bonchev–Trinajstić information content (AvgIpc) is 2.47. The van der Waals surface area contributed by atoms with E-state index in [9.17, 15) is 19.5 Å². The summed E-state index contributed by atoms with van der Waals surface area (Å²) in [5.41, 5.74) is 11.1. The summed E-state index contributed by atoms with van der Waals surface area (Å²) in [5, 5.41) is 14.1. The fraction of sp³-hybridized carbons (Fsp3) is 0.400. The zero-order valence-corrected chi connectivity index (χ0v) is 12.9. The van der Waals surface area contributed by atoms with Gasteiger partial charge in [0.1, 0.15) is 17.8 Å². The number of nitrogens with two attached hydrogens (primary N) is 2. The molecule has 2 atom stereocenters. The topological polar surface area (TPSA) is 148 Å². The molecule has 0 radical (unpaired) electrons. The maximum absolute atomic E-state index is 12.3. The number of hydrogen-bond acceptors (Lipinski definition) is 4. The van der Waals surface area contributed by atoms with E-state index in [1.807, 2.05) is 6.92 Å². The van der Waals surface area contributed by atoms with Gasteiger partial charge in [-0.15, -0.1) is 0 Å². The second-order valence-corrected chi connectivity index (χ2v) is 5.18. The van der Waals surface area contributed by atoms with Crippen LogP contribution in [0, 0.1) is 0 Å². The Labute approximate surface area is 134 Å². The van der Waals surface area contributed by atoms with Gasteiger partial charge in [0.2, 0.25) is 11.8 Å². The van der Waals surface area contributed by atoms with Gasteiger partial charge in [-0.3, -0.25) is 9.59 Å². The molecule has 0 aliphatic carbocycles. The van der Waals surface area contributed by atoms with Crippen molar-refractivity contribution >= 4 is 17.8 Å². The van der Waals surface area contributed by atoms with E-state index in [2.05, 4.69) is 10.6 Å². The van der Waals surface area contributed by atoms with Gasteiger partial charge >= 0.3 is 6.03 Å². The standard InChI is InChI=1S/C15H22N4O4/c1-2-3-11(13(16)21)18-14(22)12(19-15(17)23)8-9-4-6-10(20)7-5-9/h4-7,11-12,20H,2-3,8H2,1H3,(H2,16,21)(H,18,22)(H3,17,19,23)/t11-,12-/m0/s1. The van der Waals surface area contributed by atoms with E-state index in [0.717, 1.165) is 0 Å². The quantitative estimate of drug-likeness (QED) is 0.448. The molecular formula is C15H22N4O4. The van der Waals surface area contributed by atoms with E-state index in [1.165, 1.54) is 12.1 Å². The average molecular weight is 322 g/mol. The van der Waals surface area contributed by atoms with E-state index in [0.29, 0.717) is 18.4 Å². The first-order valence-corrected chi connectivity index (χ1v) is 7.27. The van der Waals surface area contributed by atoms with Crippen molar-refractivity contribution in [2.75, 3.05) is 0 Å². The Hall–Kier alpha value is -2.77. The Bertz CT molecular complexity index is 559. The van der Waals surface area contributed by atoms with Crippen LogP contribution in [0.5, 0.6) is 5.75 Å². The highest BCUT2D eigenvalue weighted by Gasteiger charge is 2.25. The van der Waals surface area contributed by atoms with Crippen molar-refractivity contribution in [3.8, 4) is 5.75 Å². The van der Waals surface area contributed by atoms with E-state index >= 15 is 0 Å². The Morgan fingerprint density at radius 1 is 1.09 bits per heavy atom. The van der Waals surface area contributed by atoms with Crippen molar-refractivity contribution in [2.45, 2.75) is 38.3 Å². The molecule has 0 fully saturated rings. The number of amides is 4. The molecule has 0 spiro atoms. The number of carbonyl (C=O) groups is 3. The monoisotopic (exact) mass is 322 g/mol. The number of aromatic hydroxyl groups is 1. The van der Waals surface area contributed by atoms with Crippen molar-refractivity contribution in [3.05, 3.63) is 29.8 Å². The zero-order chi connectivity index (χ0) is 17.4. The zero-order valence-electron chi connectivity index (χ0n) is 12.9. The molecule has 4 amide bonds. The van der Waals surface area contributed by atoms with Crippen LogP contribution in [-0.2, 0) is 16.0 Å². The molecule has 0 aliphatic rings. The van der Waals surface area contributed by atoms with Gasteiger partial charge in [-0.1, -0.05) is 25.5 Å². The Balaban J connectivity index is 2.83. The highest BCUT2D eigenvalue weighted by Crippen LogP contribution is 2.11. The highest BCUT2D eigenvalue weighted by molar-refractivity contribution is 5.91. The molecule has 1 rings (SSSR count). The molecule has 23 heavy (non-hydrogen) atoms. The van der Waals surface area contributed by atoms with E-state index in [4.69, 9.17) is 11.5 Å². The number of phenols is 1. The van der Waals surface area contributed by atoms with Gasteiger partial charge in [0.25, 0.3) is 0 Å². The summed E-state index contributed by atoms with van der Waals surface area (Å²) < 4.78 is 0. The van der Waals surface area contributed by atoms with Crippen LogP contribution in [-0.4, -0.2) is 35.0 Å². The molecule has 1 aromatic carbocycles. The first kappa shape index (κ1) is 18.3. The van der Waals surface area contributed by atoms with Crippen LogP contribution in [0.3, 0.4) is 0 Å². The predicted molar refractivity (Wildman–Crippen MR) is 84.4 cm³/mol. The molecule has 7 N–H and O–H groups in total. The molecule has 0 heterocycles. The summed E-state index contributed by atoms with van der Waals surface area (Å²) in [6, 6.07) is 3.58. The number of phenolic OH excluding ortho intramolecular Hbond substituents is 1. The predicted octanol–water partition coefficient (Wildman–Crippen LogP) is -0.258. The maximum atomic E-state index is 12.3. The minimum absolute atomic E-state index is 0.0920. The second kappa shape index (κ2) is 8.62. The van der Waals surface area contributed by atoms with Crippen molar-refractivity contribution in [1.29, 1.82) is 0 Å². The normalized spacial score (nSPS) is 12.9. The lowest BCUT2D eigenvalue weighted by molar-refractivity contribution is -0.128. The Morgan fingerprint density at radius 2 is 1.70 bits per heavy atom. The third kappa shape index (κ3) is 6.25. The van der Waals surface area contributed by atoms with Crippen molar-refractivity contribution < 1.29 is 19.5 Å². The number of nitrogens with one attached hydrogen (secondary N) is 2. The highest BCUT2D eigenvalue weighted by atomic mass is 16.3. The van der Waals surface area contributed by atoms with Gasteiger partial charge in [0, 0.05) is 6.42 Å². The molecule has 0 bridgehead atoms. The van der Waals surface area contributed by atoms with Crippen LogP contribution in [0.4, 0.5) is 4.79 Å². The lowest BCUT2D eigenvalue weighted by Gasteiger charge is -2.21. The number of carbonyl (C=O) groups excluding carboxylic acids is 3. The Morgan fingerprint density at radius 3 is 2.17 bits per heavy atom. The molecule has 126 valence electrons. The van der Waals surface area contributed by atoms with Crippen LogP contribution in [0.15, 0.2) is 24.3 Å². The van der Waals surface area contributed by atoms with E-state index in [1.54, 1.807) is 12.1 Å². The van der Waals surface area contributed by atoms with Crippen molar-refractivity contribution in [2.24, 2.45) is 11.5 Å². The summed E-state index contributed by atoms with van der Waals surface area (Å²) in [5.74, 6) is -1.09. The fourth-order valence-corrected chi connectivity index (χ4v) is 2.10. The molecule has 0 aromatic heterocycles. The summed E-state index contributed by atoms with van der Waals surface area (Å²) in [6.45, 7) is 1.86. The molecule has 1 aromatic rings. The minimum Gasteiger partial charge on any atom is -0.508 e. The molecule has 0 aliphatic heterocycles. The van der Waals surface area contributed by atoms with Gasteiger partial charge in [-0.2, -0.15) is 0 Å². The van der Waals surface area contributed by atoms with Crippen LogP contribution in [0.2, 0.25) is 0 Å². The second-order valence-electron chi connectivity index (χ2n) is 5.18. The van der Waals surface area contributed by atoms with Gasteiger partial charge < -0.3 is 27.2 Å². The SMILES string of the molecule is CCC[C@H](NC(=O)[C@H](Cc1ccc(O)cc1)NC(N)=O)C(N)=O. The summed E-state index contributed by atoms with van der Waals surface area (Å²) in [4.78, 5) is 34.7. The van der Waals surface area contributed by atoms with Gasteiger partial charge in [-0.25, -0.2) is 4.79 Å².